The van der Waals surface area contributed by atoms with Crippen LogP contribution >= 0.6 is 0 Å². The first-order valence-corrected chi connectivity index (χ1v) is 5.79. The average molecular weight is 265 g/mol. The van der Waals surface area contributed by atoms with Crippen LogP contribution in [0.4, 0.5) is 9.18 Å². The Balaban J connectivity index is 2.24. The second kappa shape index (κ2) is 7.86. The van der Waals surface area contributed by atoms with Crippen molar-refractivity contribution in [3.05, 3.63) is 41.8 Å². The highest BCUT2D eigenvalue weighted by Gasteiger charge is 1.96. The second-order valence-electron chi connectivity index (χ2n) is 3.77. The van der Waals surface area contributed by atoms with Gasteiger partial charge in [-0.05, 0) is 23.8 Å². The number of halogens is 1. The zero-order chi connectivity index (χ0) is 14.1. The zero-order valence-electron chi connectivity index (χ0n) is 10.6. The van der Waals surface area contributed by atoms with Gasteiger partial charge in [0.25, 0.3) is 0 Å². The van der Waals surface area contributed by atoms with Crippen molar-refractivity contribution >= 4 is 18.0 Å². The van der Waals surface area contributed by atoms with Crippen LogP contribution in [0.5, 0.6) is 0 Å². The van der Waals surface area contributed by atoms with Gasteiger partial charge in [-0.25, -0.2) is 9.18 Å². The number of carbonyl (C=O) groups is 2. The highest BCUT2D eigenvalue weighted by molar-refractivity contribution is 5.76. The molecule has 1 aromatic carbocycles. The quantitative estimate of drug-likeness (QED) is 0.701. The topological polar surface area (TPSA) is 70.2 Å². The van der Waals surface area contributed by atoms with E-state index in [0.717, 1.165) is 0 Å². The molecule has 0 aliphatic heterocycles. The largest absolute Gasteiger partial charge is 0.355 e. The Morgan fingerprint density at radius 3 is 2.68 bits per heavy atom. The number of hydrogen-bond donors (Lipinski definition) is 3. The molecule has 0 saturated carbocycles. The van der Waals surface area contributed by atoms with Crippen molar-refractivity contribution < 1.29 is 14.0 Å². The molecule has 3 N–H and O–H groups in total. The second-order valence-corrected chi connectivity index (χ2v) is 3.77. The van der Waals surface area contributed by atoms with Crippen LogP contribution in [-0.4, -0.2) is 25.0 Å². The van der Waals surface area contributed by atoms with Crippen LogP contribution in [0, 0.1) is 5.82 Å². The van der Waals surface area contributed by atoms with Gasteiger partial charge in [0.05, 0.1) is 0 Å². The fourth-order valence-electron chi connectivity index (χ4n) is 1.29. The van der Waals surface area contributed by atoms with Crippen molar-refractivity contribution in [3.8, 4) is 0 Å². The summed E-state index contributed by atoms with van der Waals surface area (Å²) in [4.78, 5) is 21.8. The summed E-state index contributed by atoms with van der Waals surface area (Å²) >= 11 is 0. The number of rotatable bonds is 5. The van der Waals surface area contributed by atoms with Gasteiger partial charge in [0.1, 0.15) is 5.82 Å². The summed E-state index contributed by atoms with van der Waals surface area (Å²) in [6.07, 6.45) is 3.00. The highest BCUT2D eigenvalue weighted by Crippen LogP contribution is 2.04. The molecule has 3 amide bonds. The molecule has 0 saturated heterocycles. The van der Waals surface area contributed by atoms with Crippen LogP contribution < -0.4 is 16.0 Å². The molecule has 0 heterocycles. The molecule has 0 aliphatic rings. The number of urea groups is 1. The third kappa shape index (κ3) is 6.82. The number of nitrogens with one attached hydrogen (secondary N) is 3. The molecule has 0 aliphatic carbocycles. The van der Waals surface area contributed by atoms with Crippen LogP contribution in [0.1, 0.15) is 12.5 Å². The van der Waals surface area contributed by atoms with Crippen molar-refractivity contribution in [2.75, 3.05) is 13.1 Å². The van der Waals surface area contributed by atoms with Gasteiger partial charge >= 0.3 is 6.03 Å². The Kier molecular flexibility index (Phi) is 6.08. The van der Waals surface area contributed by atoms with E-state index in [1.165, 1.54) is 25.3 Å². The maximum absolute atomic E-state index is 12.9. The molecular weight excluding hydrogens is 249 g/mol. The maximum Gasteiger partial charge on any atom is 0.318 e. The minimum atomic E-state index is -0.391. The molecule has 0 aromatic heterocycles. The number of carbonyl (C=O) groups excluding carboxylic acids is 2. The van der Waals surface area contributed by atoms with Crippen molar-refractivity contribution in [1.82, 2.24) is 16.0 Å². The Hall–Kier alpha value is -2.37. The smallest absolute Gasteiger partial charge is 0.318 e. The first kappa shape index (κ1) is 14.7. The minimum absolute atomic E-state index is 0.145. The van der Waals surface area contributed by atoms with Crippen LogP contribution in [0.15, 0.2) is 30.5 Å². The summed E-state index contributed by atoms with van der Waals surface area (Å²) in [5.74, 6) is -0.477. The molecule has 0 fully saturated rings. The van der Waals surface area contributed by atoms with Gasteiger partial charge in [0.2, 0.25) is 5.91 Å². The van der Waals surface area contributed by atoms with Gasteiger partial charge in [0, 0.05) is 26.2 Å². The van der Waals surface area contributed by atoms with E-state index in [2.05, 4.69) is 16.0 Å². The van der Waals surface area contributed by atoms with Crippen LogP contribution in [0.2, 0.25) is 0 Å². The van der Waals surface area contributed by atoms with Gasteiger partial charge < -0.3 is 16.0 Å². The van der Waals surface area contributed by atoms with Crippen LogP contribution in [-0.2, 0) is 4.79 Å². The van der Waals surface area contributed by atoms with Crippen LogP contribution in [0.25, 0.3) is 6.08 Å². The molecular formula is C13H16FN3O2. The monoisotopic (exact) mass is 265 g/mol. The average Bonchev–Trinajstić information content (AvgIpc) is 2.34. The van der Waals surface area contributed by atoms with E-state index in [4.69, 9.17) is 0 Å². The number of amides is 3. The van der Waals surface area contributed by atoms with Crippen LogP contribution in [0.3, 0.4) is 0 Å². The fourth-order valence-corrected chi connectivity index (χ4v) is 1.29. The van der Waals surface area contributed by atoms with Crippen molar-refractivity contribution in [1.29, 1.82) is 0 Å². The van der Waals surface area contributed by atoms with Gasteiger partial charge in [-0.15, -0.1) is 0 Å². The van der Waals surface area contributed by atoms with Crippen molar-refractivity contribution in [3.63, 3.8) is 0 Å². The van der Waals surface area contributed by atoms with E-state index in [1.807, 2.05) is 0 Å². The summed E-state index contributed by atoms with van der Waals surface area (Å²) < 4.78 is 12.9. The van der Waals surface area contributed by atoms with E-state index in [-0.39, 0.29) is 11.7 Å². The predicted molar refractivity (Wildman–Crippen MR) is 70.7 cm³/mol. The molecule has 102 valence electrons. The molecule has 0 spiro atoms. The lowest BCUT2D eigenvalue weighted by Crippen LogP contribution is -2.37. The Labute approximate surface area is 110 Å². The summed E-state index contributed by atoms with van der Waals surface area (Å²) in [5.41, 5.74) is 0.651. The van der Waals surface area contributed by atoms with E-state index < -0.39 is 6.03 Å². The Bertz CT molecular complexity index is 475. The van der Waals surface area contributed by atoms with E-state index in [1.54, 1.807) is 18.2 Å². The van der Waals surface area contributed by atoms with E-state index in [9.17, 15) is 14.0 Å². The molecule has 0 radical (unpaired) electrons. The number of benzene rings is 1. The lowest BCUT2D eigenvalue weighted by molar-refractivity contribution is -0.118. The summed E-state index contributed by atoms with van der Waals surface area (Å²) in [5, 5.41) is 7.57. The first-order valence-electron chi connectivity index (χ1n) is 5.79. The third-order valence-corrected chi connectivity index (χ3v) is 2.12. The van der Waals surface area contributed by atoms with Crippen molar-refractivity contribution in [2.24, 2.45) is 0 Å². The minimum Gasteiger partial charge on any atom is -0.355 e. The fraction of sp³-hybridized carbons (Fsp3) is 0.231. The molecule has 1 rings (SSSR count). The molecule has 0 atom stereocenters. The molecule has 1 aromatic rings. The summed E-state index contributed by atoms with van der Waals surface area (Å²) in [7, 11) is 0. The van der Waals surface area contributed by atoms with Gasteiger partial charge in [-0.2, -0.15) is 0 Å². The first-order chi connectivity index (χ1) is 9.08. The lowest BCUT2D eigenvalue weighted by atomic mass is 10.2. The van der Waals surface area contributed by atoms with Gasteiger partial charge in [-0.1, -0.05) is 12.1 Å². The molecule has 0 bridgehead atoms. The zero-order valence-corrected chi connectivity index (χ0v) is 10.6. The normalized spacial score (nSPS) is 10.2. The predicted octanol–water partition coefficient (Wildman–Crippen LogP) is 1.23. The molecule has 6 heteroatoms. The molecule has 0 unspecified atom stereocenters. The SMILES string of the molecule is CC(=O)NCCNC(=O)N/C=C/c1cccc(F)c1. The maximum atomic E-state index is 12.9. The van der Waals surface area contributed by atoms with E-state index in [0.29, 0.717) is 18.7 Å². The lowest BCUT2D eigenvalue weighted by Gasteiger charge is -2.04. The molecule has 5 nitrogen and oxygen atoms in total. The summed E-state index contributed by atoms with van der Waals surface area (Å²) in [6.45, 7) is 2.11. The standard InChI is InChI=1S/C13H16FN3O2/c1-10(18)15-7-8-17-13(19)16-6-5-11-3-2-4-12(14)9-11/h2-6,9H,7-8H2,1H3,(H,15,18)(H2,16,17,19)/b6-5+. The van der Waals surface area contributed by atoms with Gasteiger partial charge in [0.15, 0.2) is 0 Å². The highest BCUT2D eigenvalue weighted by atomic mass is 19.1. The number of hydrogen-bond acceptors (Lipinski definition) is 2. The van der Waals surface area contributed by atoms with Gasteiger partial charge in [-0.3, -0.25) is 4.79 Å². The third-order valence-electron chi connectivity index (χ3n) is 2.12. The Morgan fingerprint density at radius 1 is 1.26 bits per heavy atom. The van der Waals surface area contributed by atoms with E-state index >= 15 is 0 Å². The summed E-state index contributed by atoms with van der Waals surface area (Å²) in [6, 6.07) is 5.61. The van der Waals surface area contributed by atoms with Crippen molar-refractivity contribution in [2.45, 2.75) is 6.92 Å². The Morgan fingerprint density at radius 2 is 2.00 bits per heavy atom. The molecule has 19 heavy (non-hydrogen) atoms.